The lowest BCUT2D eigenvalue weighted by Crippen LogP contribution is -2.34. The second kappa shape index (κ2) is 8.29. The Labute approximate surface area is 157 Å². The lowest BCUT2D eigenvalue weighted by molar-refractivity contribution is -0.138. The van der Waals surface area contributed by atoms with Crippen LogP contribution in [-0.2, 0) is 14.3 Å². The minimum atomic E-state index is -0.680. The zero-order valence-corrected chi connectivity index (χ0v) is 15.5. The molecule has 1 fully saturated rings. The van der Waals surface area contributed by atoms with Gasteiger partial charge in [0.2, 0.25) is 5.91 Å². The maximum absolute atomic E-state index is 12.9. The van der Waals surface area contributed by atoms with Crippen LogP contribution in [0.4, 0.5) is 5.69 Å². The molecule has 1 atom stereocenters. The standard InChI is InChI=1S/C20H20N2O3S/c1-25-13-12-22-19(23)17(14-6-4-3-5-7-14)18(20(22)24)21-15-8-10-16(26-2)11-9-15/h3-11,17H,12-13H2,1-2H3. The molecule has 0 spiro atoms. The Bertz CT molecular complexity index is 819. The number of likely N-dealkylation sites (tertiary alicyclic amines) is 1. The number of carbonyl (C=O) groups excluding carboxylic acids is 2. The van der Waals surface area contributed by atoms with Crippen LogP contribution in [0.1, 0.15) is 11.5 Å². The summed E-state index contributed by atoms with van der Waals surface area (Å²) < 4.78 is 5.03. The van der Waals surface area contributed by atoms with Gasteiger partial charge in [-0.25, -0.2) is 4.99 Å². The lowest BCUT2D eigenvalue weighted by Gasteiger charge is -2.13. The highest BCUT2D eigenvalue weighted by Gasteiger charge is 2.45. The SMILES string of the molecule is COCCN1C(=O)C(=Nc2ccc(SC)cc2)C(c2ccccc2)C1=O. The molecule has 1 heterocycles. The Morgan fingerprint density at radius 3 is 2.38 bits per heavy atom. The van der Waals surface area contributed by atoms with Gasteiger partial charge in [0, 0.05) is 12.0 Å². The van der Waals surface area contributed by atoms with Gasteiger partial charge in [-0.15, -0.1) is 11.8 Å². The number of ether oxygens (including phenoxy) is 1. The summed E-state index contributed by atoms with van der Waals surface area (Å²) >= 11 is 1.64. The number of benzene rings is 2. The van der Waals surface area contributed by atoms with E-state index >= 15 is 0 Å². The third-order valence-electron chi connectivity index (χ3n) is 4.22. The van der Waals surface area contributed by atoms with Crippen molar-refractivity contribution in [3.63, 3.8) is 0 Å². The summed E-state index contributed by atoms with van der Waals surface area (Å²) in [7, 11) is 1.54. The summed E-state index contributed by atoms with van der Waals surface area (Å²) in [5.74, 6) is -1.28. The first kappa shape index (κ1) is 18.4. The molecule has 1 unspecified atom stereocenters. The second-order valence-corrected chi connectivity index (χ2v) is 6.71. The Morgan fingerprint density at radius 1 is 1.08 bits per heavy atom. The topological polar surface area (TPSA) is 59.0 Å². The average molecular weight is 368 g/mol. The summed E-state index contributed by atoms with van der Waals surface area (Å²) in [6.07, 6.45) is 2.00. The Hall–Kier alpha value is -2.44. The van der Waals surface area contributed by atoms with E-state index in [0.717, 1.165) is 10.5 Å². The number of aliphatic imine (C=N–C) groups is 1. The largest absolute Gasteiger partial charge is 0.383 e. The quantitative estimate of drug-likeness (QED) is 0.580. The summed E-state index contributed by atoms with van der Waals surface area (Å²) in [6, 6.07) is 16.9. The van der Waals surface area contributed by atoms with Gasteiger partial charge in [-0.3, -0.25) is 14.5 Å². The fourth-order valence-electron chi connectivity index (χ4n) is 2.88. The van der Waals surface area contributed by atoms with E-state index in [0.29, 0.717) is 12.3 Å². The summed E-state index contributed by atoms with van der Waals surface area (Å²) in [5.41, 5.74) is 1.69. The molecular weight excluding hydrogens is 348 g/mol. The number of methoxy groups -OCH3 is 1. The molecule has 0 radical (unpaired) electrons. The zero-order chi connectivity index (χ0) is 18.5. The summed E-state index contributed by atoms with van der Waals surface area (Å²) in [6.45, 7) is 0.524. The van der Waals surface area contributed by atoms with Gasteiger partial charge >= 0.3 is 0 Å². The van der Waals surface area contributed by atoms with Crippen LogP contribution in [0.2, 0.25) is 0 Å². The molecule has 0 N–H and O–H groups in total. The molecule has 5 nitrogen and oxygen atoms in total. The molecule has 2 aromatic carbocycles. The predicted octanol–water partition coefficient (Wildman–Crippen LogP) is 3.28. The van der Waals surface area contributed by atoms with Crippen molar-refractivity contribution in [2.24, 2.45) is 4.99 Å². The van der Waals surface area contributed by atoms with Crippen molar-refractivity contribution in [2.45, 2.75) is 10.8 Å². The number of rotatable bonds is 6. The highest BCUT2D eigenvalue weighted by atomic mass is 32.2. The second-order valence-electron chi connectivity index (χ2n) is 5.83. The summed E-state index contributed by atoms with van der Waals surface area (Å²) in [4.78, 5) is 32.6. The maximum atomic E-state index is 12.9. The number of amides is 2. The highest BCUT2D eigenvalue weighted by Crippen LogP contribution is 2.30. The Morgan fingerprint density at radius 2 is 1.77 bits per heavy atom. The van der Waals surface area contributed by atoms with Crippen LogP contribution in [0.15, 0.2) is 64.5 Å². The first-order valence-electron chi connectivity index (χ1n) is 8.28. The van der Waals surface area contributed by atoms with E-state index in [1.165, 1.54) is 4.90 Å². The van der Waals surface area contributed by atoms with Gasteiger partial charge < -0.3 is 4.74 Å². The van der Waals surface area contributed by atoms with Crippen LogP contribution in [0, 0.1) is 0 Å². The van der Waals surface area contributed by atoms with Crippen molar-refractivity contribution in [3.8, 4) is 0 Å². The molecule has 0 aromatic heterocycles. The predicted molar refractivity (Wildman–Crippen MR) is 103 cm³/mol. The molecule has 2 amide bonds. The van der Waals surface area contributed by atoms with Crippen molar-refractivity contribution < 1.29 is 14.3 Å². The van der Waals surface area contributed by atoms with Gasteiger partial charge in [-0.2, -0.15) is 0 Å². The van der Waals surface area contributed by atoms with Crippen molar-refractivity contribution in [1.29, 1.82) is 0 Å². The third kappa shape index (κ3) is 3.71. The van der Waals surface area contributed by atoms with E-state index in [1.807, 2.05) is 60.9 Å². The smallest absolute Gasteiger partial charge is 0.276 e. The Kier molecular flexibility index (Phi) is 5.85. The number of hydrogen-bond donors (Lipinski definition) is 0. The van der Waals surface area contributed by atoms with Gasteiger partial charge in [-0.1, -0.05) is 30.3 Å². The normalized spacial score (nSPS) is 18.8. The van der Waals surface area contributed by atoms with Crippen LogP contribution in [0.5, 0.6) is 0 Å². The number of hydrogen-bond acceptors (Lipinski definition) is 5. The van der Waals surface area contributed by atoms with Crippen LogP contribution in [-0.4, -0.2) is 48.9 Å². The van der Waals surface area contributed by atoms with Crippen molar-refractivity contribution >= 4 is 35.0 Å². The molecule has 0 saturated carbocycles. The van der Waals surface area contributed by atoms with Crippen molar-refractivity contribution in [2.75, 3.05) is 26.5 Å². The minimum absolute atomic E-state index is 0.224. The molecule has 1 aliphatic rings. The van der Waals surface area contributed by atoms with Gasteiger partial charge in [0.1, 0.15) is 11.6 Å². The first-order chi connectivity index (χ1) is 12.7. The number of carbonyl (C=O) groups is 2. The van der Waals surface area contributed by atoms with E-state index in [9.17, 15) is 9.59 Å². The number of imide groups is 1. The molecule has 1 saturated heterocycles. The molecule has 134 valence electrons. The van der Waals surface area contributed by atoms with Crippen molar-refractivity contribution in [1.82, 2.24) is 4.90 Å². The van der Waals surface area contributed by atoms with Gasteiger partial charge in [0.05, 0.1) is 18.8 Å². The maximum Gasteiger partial charge on any atom is 0.276 e. The third-order valence-corrected chi connectivity index (χ3v) is 4.97. The monoisotopic (exact) mass is 368 g/mol. The fourth-order valence-corrected chi connectivity index (χ4v) is 3.29. The lowest BCUT2D eigenvalue weighted by atomic mass is 9.96. The minimum Gasteiger partial charge on any atom is -0.383 e. The van der Waals surface area contributed by atoms with E-state index in [4.69, 9.17) is 4.74 Å². The zero-order valence-electron chi connectivity index (χ0n) is 14.7. The molecule has 0 aliphatic carbocycles. The van der Waals surface area contributed by atoms with Crippen molar-refractivity contribution in [3.05, 3.63) is 60.2 Å². The Balaban J connectivity index is 2.01. The molecule has 3 rings (SSSR count). The van der Waals surface area contributed by atoms with Crippen LogP contribution >= 0.6 is 11.8 Å². The van der Waals surface area contributed by atoms with E-state index < -0.39 is 5.92 Å². The van der Waals surface area contributed by atoms with Crippen LogP contribution < -0.4 is 0 Å². The van der Waals surface area contributed by atoms with Gasteiger partial charge in [0.25, 0.3) is 5.91 Å². The first-order valence-corrected chi connectivity index (χ1v) is 9.50. The van der Waals surface area contributed by atoms with E-state index in [2.05, 4.69) is 4.99 Å². The molecule has 26 heavy (non-hydrogen) atoms. The van der Waals surface area contributed by atoms with Crippen LogP contribution in [0.3, 0.4) is 0 Å². The van der Waals surface area contributed by atoms with Gasteiger partial charge in [-0.05, 0) is 36.1 Å². The molecular formula is C20H20N2O3S. The molecule has 2 aromatic rings. The fraction of sp³-hybridized carbons (Fsp3) is 0.250. The molecule has 1 aliphatic heterocycles. The van der Waals surface area contributed by atoms with E-state index in [1.54, 1.807) is 18.9 Å². The number of thioether (sulfide) groups is 1. The van der Waals surface area contributed by atoms with Gasteiger partial charge in [0.15, 0.2) is 0 Å². The molecule has 0 bridgehead atoms. The number of nitrogens with zero attached hydrogens (tertiary/aromatic N) is 2. The summed E-state index contributed by atoms with van der Waals surface area (Å²) in [5, 5.41) is 0. The molecule has 6 heteroatoms. The average Bonchev–Trinajstić information content (AvgIpc) is 2.91. The highest BCUT2D eigenvalue weighted by molar-refractivity contribution is 7.98. The van der Waals surface area contributed by atoms with E-state index in [-0.39, 0.29) is 24.1 Å². The van der Waals surface area contributed by atoms with Crippen LogP contribution in [0.25, 0.3) is 0 Å².